The van der Waals surface area contributed by atoms with Crippen LogP contribution in [0.15, 0.2) is 18.3 Å². The van der Waals surface area contributed by atoms with E-state index in [2.05, 4.69) is 4.98 Å². The zero-order valence-corrected chi connectivity index (χ0v) is 6.93. The van der Waals surface area contributed by atoms with E-state index in [-0.39, 0.29) is 5.78 Å². The number of ketones is 1. The monoisotopic (exact) mass is 169 g/mol. The molecule has 0 aliphatic rings. The van der Waals surface area contributed by atoms with Crippen LogP contribution in [0.25, 0.3) is 0 Å². The maximum atomic E-state index is 10.6. The minimum atomic E-state index is 0.133. The van der Waals surface area contributed by atoms with Crippen LogP contribution in [0, 0.1) is 0 Å². The summed E-state index contributed by atoms with van der Waals surface area (Å²) in [4.78, 5) is 14.5. The molecular weight excluding hydrogens is 162 g/mol. The molecule has 0 amide bonds. The number of nitrogens with zero attached hydrogens (tertiary/aromatic N) is 1. The number of aromatic nitrogens is 1. The second kappa shape index (κ2) is 3.49. The van der Waals surface area contributed by atoms with Crippen molar-refractivity contribution in [2.75, 3.05) is 0 Å². The predicted molar refractivity (Wildman–Crippen MR) is 43.6 cm³/mol. The van der Waals surface area contributed by atoms with Gasteiger partial charge in [-0.3, -0.25) is 4.79 Å². The van der Waals surface area contributed by atoms with Gasteiger partial charge in [0.05, 0.1) is 0 Å². The number of rotatable bonds is 2. The van der Waals surface area contributed by atoms with Gasteiger partial charge in [0.2, 0.25) is 0 Å². The highest BCUT2D eigenvalue weighted by atomic mass is 35.5. The van der Waals surface area contributed by atoms with Crippen LogP contribution >= 0.6 is 11.6 Å². The van der Waals surface area contributed by atoms with Crippen molar-refractivity contribution in [1.29, 1.82) is 0 Å². The topological polar surface area (TPSA) is 30.0 Å². The van der Waals surface area contributed by atoms with Gasteiger partial charge < -0.3 is 0 Å². The van der Waals surface area contributed by atoms with E-state index in [0.717, 1.165) is 5.56 Å². The third kappa shape index (κ3) is 2.68. The minimum Gasteiger partial charge on any atom is -0.300 e. The van der Waals surface area contributed by atoms with Crippen LogP contribution in [-0.4, -0.2) is 10.8 Å². The van der Waals surface area contributed by atoms with E-state index >= 15 is 0 Å². The Kier molecular flexibility index (Phi) is 2.60. The molecule has 0 aromatic carbocycles. The van der Waals surface area contributed by atoms with E-state index < -0.39 is 0 Å². The Labute approximate surface area is 70.2 Å². The SMILES string of the molecule is CC(=O)Cc1ccc(Cl)nc1. The summed E-state index contributed by atoms with van der Waals surface area (Å²) >= 11 is 5.55. The Morgan fingerprint density at radius 1 is 1.64 bits per heavy atom. The summed E-state index contributed by atoms with van der Waals surface area (Å²) in [5.41, 5.74) is 0.905. The lowest BCUT2D eigenvalue weighted by atomic mass is 10.2. The van der Waals surface area contributed by atoms with Gasteiger partial charge in [0.1, 0.15) is 10.9 Å². The smallest absolute Gasteiger partial charge is 0.134 e. The van der Waals surface area contributed by atoms with Gasteiger partial charge in [-0.1, -0.05) is 17.7 Å². The second-order valence-electron chi connectivity index (χ2n) is 2.37. The summed E-state index contributed by atoms with van der Waals surface area (Å²) in [5.74, 6) is 0.133. The molecule has 0 aliphatic carbocycles. The Morgan fingerprint density at radius 2 is 2.36 bits per heavy atom. The van der Waals surface area contributed by atoms with Gasteiger partial charge in [-0.25, -0.2) is 4.98 Å². The molecule has 2 nitrogen and oxygen atoms in total. The molecule has 0 radical (unpaired) electrons. The summed E-state index contributed by atoms with van der Waals surface area (Å²) in [7, 11) is 0. The second-order valence-corrected chi connectivity index (χ2v) is 2.76. The Hall–Kier alpha value is -0.890. The quantitative estimate of drug-likeness (QED) is 0.633. The van der Waals surface area contributed by atoms with E-state index in [1.165, 1.54) is 0 Å². The average Bonchev–Trinajstić information content (AvgIpc) is 1.93. The van der Waals surface area contributed by atoms with Gasteiger partial charge in [-0.05, 0) is 18.6 Å². The number of hydrogen-bond acceptors (Lipinski definition) is 2. The molecule has 3 heteroatoms. The number of pyridine rings is 1. The Morgan fingerprint density at radius 3 is 2.82 bits per heavy atom. The third-order valence-electron chi connectivity index (χ3n) is 1.24. The first kappa shape index (κ1) is 8.21. The van der Waals surface area contributed by atoms with Crippen molar-refractivity contribution in [3.63, 3.8) is 0 Å². The first-order valence-corrected chi connectivity index (χ1v) is 3.66. The fourth-order valence-corrected chi connectivity index (χ4v) is 0.910. The molecule has 1 aromatic heterocycles. The summed E-state index contributed by atoms with van der Waals surface area (Å²) < 4.78 is 0. The fraction of sp³-hybridized carbons (Fsp3) is 0.250. The van der Waals surface area contributed by atoms with E-state index in [1.54, 1.807) is 25.3 Å². The number of Topliss-reactive ketones (excluding diaryl/α,β-unsaturated/α-hetero) is 1. The van der Waals surface area contributed by atoms with E-state index in [4.69, 9.17) is 11.6 Å². The predicted octanol–water partition coefficient (Wildman–Crippen LogP) is 1.87. The zero-order chi connectivity index (χ0) is 8.27. The third-order valence-corrected chi connectivity index (χ3v) is 1.47. The van der Waals surface area contributed by atoms with Crippen LogP contribution in [-0.2, 0) is 11.2 Å². The summed E-state index contributed by atoms with van der Waals surface area (Å²) in [6.07, 6.45) is 2.05. The lowest BCUT2D eigenvalue weighted by Crippen LogP contribution is -1.96. The maximum Gasteiger partial charge on any atom is 0.134 e. The van der Waals surface area contributed by atoms with Crippen LogP contribution in [0.1, 0.15) is 12.5 Å². The van der Waals surface area contributed by atoms with E-state index in [1.807, 2.05) is 0 Å². The Balaban J connectivity index is 2.74. The molecule has 0 atom stereocenters. The molecule has 0 saturated heterocycles. The van der Waals surface area contributed by atoms with Crippen LogP contribution in [0.3, 0.4) is 0 Å². The summed E-state index contributed by atoms with van der Waals surface area (Å²) in [6.45, 7) is 1.55. The molecule has 0 aliphatic heterocycles. The normalized spacial score (nSPS) is 9.64. The van der Waals surface area contributed by atoms with Gasteiger partial charge in [-0.15, -0.1) is 0 Å². The van der Waals surface area contributed by atoms with Gasteiger partial charge in [0.25, 0.3) is 0 Å². The van der Waals surface area contributed by atoms with Crippen molar-refractivity contribution >= 4 is 17.4 Å². The summed E-state index contributed by atoms with van der Waals surface area (Å²) in [6, 6.07) is 3.48. The van der Waals surface area contributed by atoms with Crippen LogP contribution < -0.4 is 0 Å². The van der Waals surface area contributed by atoms with Gasteiger partial charge in [0.15, 0.2) is 0 Å². The standard InChI is InChI=1S/C8H8ClNO/c1-6(11)4-7-2-3-8(9)10-5-7/h2-3,5H,4H2,1H3. The average molecular weight is 170 g/mol. The van der Waals surface area contributed by atoms with E-state index in [0.29, 0.717) is 11.6 Å². The van der Waals surface area contributed by atoms with Gasteiger partial charge >= 0.3 is 0 Å². The van der Waals surface area contributed by atoms with E-state index in [9.17, 15) is 4.79 Å². The largest absolute Gasteiger partial charge is 0.300 e. The van der Waals surface area contributed by atoms with Crippen molar-refractivity contribution in [3.8, 4) is 0 Å². The van der Waals surface area contributed by atoms with Crippen molar-refractivity contribution in [2.24, 2.45) is 0 Å². The summed E-state index contributed by atoms with van der Waals surface area (Å²) in [5, 5.41) is 0.456. The molecule has 0 N–H and O–H groups in total. The molecule has 0 fully saturated rings. The van der Waals surface area contributed by atoms with Gasteiger partial charge in [-0.2, -0.15) is 0 Å². The highest BCUT2D eigenvalue weighted by molar-refractivity contribution is 6.29. The molecule has 58 valence electrons. The highest BCUT2D eigenvalue weighted by Gasteiger charge is 1.96. The lowest BCUT2D eigenvalue weighted by Gasteiger charge is -1.95. The lowest BCUT2D eigenvalue weighted by molar-refractivity contribution is -0.116. The first-order chi connectivity index (χ1) is 5.18. The molecule has 0 spiro atoms. The molecule has 1 heterocycles. The molecule has 11 heavy (non-hydrogen) atoms. The van der Waals surface area contributed by atoms with Crippen LogP contribution in [0.5, 0.6) is 0 Å². The molecule has 0 bridgehead atoms. The number of halogens is 1. The minimum absolute atomic E-state index is 0.133. The molecule has 1 rings (SSSR count). The van der Waals surface area contributed by atoms with Crippen molar-refractivity contribution < 1.29 is 4.79 Å². The van der Waals surface area contributed by atoms with Gasteiger partial charge in [0, 0.05) is 12.6 Å². The number of carbonyl (C=O) groups is 1. The Bertz CT molecular complexity index is 255. The molecular formula is C8H8ClNO. The molecule has 1 aromatic rings. The zero-order valence-electron chi connectivity index (χ0n) is 6.17. The number of carbonyl (C=O) groups excluding carboxylic acids is 1. The fourth-order valence-electron chi connectivity index (χ4n) is 0.798. The first-order valence-electron chi connectivity index (χ1n) is 3.28. The van der Waals surface area contributed by atoms with Crippen molar-refractivity contribution in [2.45, 2.75) is 13.3 Å². The maximum absolute atomic E-state index is 10.6. The van der Waals surface area contributed by atoms with Crippen LogP contribution in [0.4, 0.5) is 0 Å². The van der Waals surface area contributed by atoms with Crippen molar-refractivity contribution in [1.82, 2.24) is 4.98 Å². The van der Waals surface area contributed by atoms with Crippen molar-refractivity contribution in [3.05, 3.63) is 29.0 Å². The van der Waals surface area contributed by atoms with Crippen LogP contribution in [0.2, 0.25) is 5.15 Å². The highest BCUT2D eigenvalue weighted by Crippen LogP contribution is 2.05. The number of hydrogen-bond donors (Lipinski definition) is 0. The molecule has 0 saturated carbocycles. The molecule has 0 unspecified atom stereocenters.